The molecule has 7 nitrogen and oxygen atoms in total. The van der Waals surface area contributed by atoms with Crippen molar-refractivity contribution in [2.45, 2.75) is 26.4 Å². The highest BCUT2D eigenvalue weighted by Crippen LogP contribution is 2.33. The number of nitrogens with zero attached hydrogens (tertiary/aromatic N) is 3. The van der Waals surface area contributed by atoms with Gasteiger partial charge in [0.25, 0.3) is 0 Å². The molecule has 0 amide bonds. The number of nitrogens with one attached hydrogen (secondary N) is 3. The normalized spacial score (nSPS) is 11.0. The van der Waals surface area contributed by atoms with Crippen LogP contribution >= 0.6 is 23.2 Å². The zero-order valence-corrected chi connectivity index (χ0v) is 20.4. The Morgan fingerprint density at radius 2 is 1.69 bits per heavy atom. The Morgan fingerprint density at radius 3 is 2.25 bits per heavy atom. The highest BCUT2D eigenvalue weighted by atomic mass is 35.5. The molecule has 0 bridgehead atoms. The lowest BCUT2D eigenvalue weighted by molar-refractivity contribution is -0.274. The van der Waals surface area contributed by atoms with E-state index >= 15 is 0 Å². The van der Waals surface area contributed by atoms with Crippen molar-refractivity contribution in [1.82, 2.24) is 19.9 Å². The summed E-state index contributed by atoms with van der Waals surface area (Å²) in [6.45, 7) is 3.70. The Hall–Kier alpha value is -3.44. The van der Waals surface area contributed by atoms with Gasteiger partial charge in [0.2, 0.25) is 0 Å². The molecule has 4 rings (SSSR count). The van der Waals surface area contributed by atoms with Gasteiger partial charge in [-0.25, -0.2) is 14.4 Å². The maximum atomic E-state index is 12.9. The minimum absolute atomic E-state index is 0.0899. The number of hydrogen-bond donors (Lipinski definition) is 3. The quantitative estimate of drug-likeness (QED) is 0.212. The third-order valence-corrected chi connectivity index (χ3v) is 5.22. The summed E-state index contributed by atoms with van der Waals surface area (Å²) < 4.78 is 53.4. The monoisotopic (exact) mass is 544 g/mol. The Balaban J connectivity index is 0.000000212. The zero-order valence-electron chi connectivity index (χ0n) is 18.9. The van der Waals surface area contributed by atoms with Gasteiger partial charge in [0.05, 0.1) is 42.2 Å². The second-order valence-corrected chi connectivity index (χ2v) is 8.19. The van der Waals surface area contributed by atoms with Gasteiger partial charge in [0.1, 0.15) is 11.6 Å². The van der Waals surface area contributed by atoms with Crippen LogP contribution in [0.3, 0.4) is 0 Å². The number of rotatable bonds is 8. The van der Waals surface area contributed by atoms with Crippen LogP contribution in [0.25, 0.3) is 0 Å². The van der Waals surface area contributed by atoms with Crippen molar-refractivity contribution in [2.24, 2.45) is 0 Å². The molecule has 0 radical (unpaired) electrons. The Morgan fingerprint density at radius 1 is 1.00 bits per heavy atom. The van der Waals surface area contributed by atoms with Crippen LogP contribution in [0.15, 0.2) is 61.4 Å². The van der Waals surface area contributed by atoms with E-state index in [4.69, 9.17) is 23.2 Å². The van der Waals surface area contributed by atoms with Crippen molar-refractivity contribution >= 4 is 34.6 Å². The van der Waals surface area contributed by atoms with E-state index in [-0.39, 0.29) is 10.8 Å². The SMILES string of the molecule is CCN(Cc1cnc[nH]1)c1ccc(OC(F)(F)F)c(Cl)c1.Fc1cc(Cl)cc(NCc2cnc[nH]2)c1. The molecule has 36 heavy (non-hydrogen) atoms. The van der Waals surface area contributed by atoms with Gasteiger partial charge >= 0.3 is 6.36 Å². The molecule has 192 valence electrons. The summed E-state index contributed by atoms with van der Waals surface area (Å²) in [5.41, 5.74) is 3.17. The van der Waals surface area contributed by atoms with Crippen molar-refractivity contribution < 1.29 is 22.3 Å². The lowest BCUT2D eigenvalue weighted by atomic mass is 10.2. The van der Waals surface area contributed by atoms with Gasteiger partial charge < -0.3 is 24.9 Å². The first kappa shape index (κ1) is 27.2. The number of hydrogen-bond acceptors (Lipinski definition) is 5. The average molecular weight is 545 g/mol. The highest BCUT2D eigenvalue weighted by molar-refractivity contribution is 6.32. The molecule has 0 saturated heterocycles. The Kier molecular flexibility index (Phi) is 9.43. The fraction of sp³-hybridized carbons (Fsp3) is 0.217. The average Bonchev–Trinajstić information content (AvgIpc) is 3.51. The molecule has 13 heteroatoms. The van der Waals surface area contributed by atoms with E-state index in [0.29, 0.717) is 36.0 Å². The molecular weight excluding hydrogens is 523 g/mol. The molecule has 0 aliphatic carbocycles. The molecule has 2 aromatic heterocycles. The topological polar surface area (TPSA) is 81.9 Å². The van der Waals surface area contributed by atoms with Gasteiger partial charge in [-0.2, -0.15) is 0 Å². The third-order valence-electron chi connectivity index (χ3n) is 4.70. The minimum Gasteiger partial charge on any atom is -0.404 e. The highest BCUT2D eigenvalue weighted by Gasteiger charge is 2.32. The Labute approximate surface area is 214 Å². The first-order valence-electron chi connectivity index (χ1n) is 10.6. The Bertz CT molecular complexity index is 1200. The van der Waals surface area contributed by atoms with Crippen LogP contribution in [-0.2, 0) is 13.1 Å². The van der Waals surface area contributed by atoms with Crippen molar-refractivity contribution in [3.63, 3.8) is 0 Å². The smallest absolute Gasteiger partial charge is 0.404 e. The molecule has 0 aliphatic heterocycles. The summed E-state index contributed by atoms with van der Waals surface area (Å²) in [6.07, 6.45) is 1.79. The second kappa shape index (κ2) is 12.5. The summed E-state index contributed by atoms with van der Waals surface area (Å²) in [4.78, 5) is 15.6. The number of aromatic amines is 2. The van der Waals surface area contributed by atoms with E-state index in [1.165, 1.54) is 30.3 Å². The molecule has 0 fully saturated rings. The molecule has 4 aromatic rings. The molecule has 0 unspecified atom stereocenters. The molecule has 0 aliphatic rings. The fourth-order valence-electron chi connectivity index (χ4n) is 3.09. The first-order valence-corrected chi connectivity index (χ1v) is 11.3. The van der Waals surface area contributed by atoms with Gasteiger partial charge in [-0.05, 0) is 43.3 Å². The zero-order chi connectivity index (χ0) is 26.1. The van der Waals surface area contributed by atoms with Crippen molar-refractivity contribution in [2.75, 3.05) is 16.8 Å². The van der Waals surface area contributed by atoms with E-state index in [0.717, 1.165) is 11.4 Å². The summed E-state index contributed by atoms with van der Waals surface area (Å²) in [7, 11) is 0. The number of aromatic nitrogens is 4. The van der Waals surface area contributed by atoms with Crippen molar-refractivity contribution in [3.05, 3.63) is 88.7 Å². The van der Waals surface area contributed by atoms with Crippen LogP contribution in [0.4, 0.5) is 28.9 Å². The van der Waals surface area contributed by atoms with Crippen LogP contribution in [0, 0.1) is 5.82 Å². The number of alkyl halides is 3. The van der Waals surface area contributed by atoms with E-state index in [1.54, 1.807) is 31.1 Å². The number of ether oxygens (including phenoxy) is 1. The fourth-order valence-corrected chi connectivity index (χ4v) is 3.53. The van der Waals surface area contributed by atoms with Gasteiger partial charge in [-0.3, -0.25) is 0 Å². The van der Waals surface area contributed by atoms with Crippen LogP contribution in [0.2, 0.25) is 10.0 Å². The maximum Gasteiger partial charge on any atom is 0.573 e. The van der Waals surface area contributed by atoms with Crippen LogP contribution in [0.5, 0.6) is 5.75 Å². The van der Waals surface area contributed by atoms with Gasteiger partial charge in [-0.1, -0.05) is 23.2 Å². The summed E-state index contributed by atoms with van der Waals surface area (Å²) in [5, 5.41) is 3.32. The predicted molar refractivity (Wildman–Crippen MR) is 131 cm³/mol. The number of anilines is 2. The van der Waals surface area contributed by atoms with Gasteiger partial charge in [0.15, 0.2) is 0 Å². The molecule has 2 heterocycles. The molecule has 0 atom stereocenters. The van der Waals surface area contributed by atoms with E-state index < -0.39 is 12.1 Å². The van der Waals surface area contributed by atoms with Crippen LogP contribution < -0.4 is 15.0 Å². The molecular formula is C23H22Cl2F4N6O. The van der Waals surface area contributed by atoms with E-state index in [1.807, 2.05) is 11.8 Å². The minimum atomic E-state index is -4.76. The summed E-state index contributed by atoms with van der Waals surface area (Å²) in [5.74, 6) is -0.764. The van der Waals surface area contributed by atoms with E-state index in [2.05, 4.69) is 30.0 Å². The number of imidazole rings is 2. The first-order chi connectivity index (χ1) is 17.1. The third kappa shape index (κ3) is 8.65. The standard InChI is InChI=1S/C13H13ClF3N3O.C10H9ClFN3/c1-2-20(7-9-6-18-8-19-9)10-3-4-12(11(14)5-10)21-13(15,16)17;11-7-1-8(12)3-9(2-7)14-5-10-4-13-6-15-10/h3-6,8H,2,7H2,1H3,(H,18,19);1-4,6,14H,5H2,(H,13,15). The maximum absolute atomic E-state index is 12.9. The second-order valence-electron chi connectivity index (χ2n) is 7.34. The molecule has 3 N–H and O–H groups in total. The number of benzene rings is 2. The molecule has 2 aromatic carbocycles. The molecule has 0 spiro atoms. The number of H-pyrrole nitrogens is 2. The van der Waals surface area contributed by atoms with E-state index in [9.17, 15) is 17.6 Å². The van der Waals surface area contributed by atoms with Gasteiger partial charge in [0, 0.05) is 35.3 Å². The van der Waals surface area contributed by atoms with Gasteiger partial charge in [-0.15, -0.1) is 13.2 Å². The molecule has 0 saturated carbocycles. The predicted octanol–water partition coefficient (Wildman–Crippen LogP) is 6.80. The summed E-state index contributed by atoms with van der Waals surface area (Å²) >= 11 is 11.6. The van der Waals surface area contributed by atoms with Crippen molar-refractivity contribution in [3.8, 4) is 5.75 Å². The number of halogens is 6. The largest absolute Gasteiger partial charge is 0.573 e. The van der Waals surface area contributed by atoms with Crippen LogP contribution in [-0.4, -0.2) is 32.8 Å². The lowest BCUT2D eigenvalue weighted by Crippen LogP contribution is -2.22. The summed E-state index contributed by atoms with van der Waals surface area (Å²) in [6, 6.07) is 8.52. The lowest BCUT2D eigenvalue weighted by Gasteiger charge is -2.23. The van der Waals surface area contributed by atoms with Crippen molar-refractivity contribution in [1.29, 1.82) is 0 Å². The van der Waals surface area contributed by atoms with Crippen LogP contribution in [0.1, 0.15) is 18.3 Å².